The monoisotopic (exact) mass is 445 g/mol. The molecule has 1 N–H and O–H groups in total. The Hall–Kier alpha value is -2.31. The number of nitrogens with zero attached hydrogens (tertiary/aromatic N) is 3. The van der Waals surface area contributed by atoms with Gasteiger partial charge in [0.05, 0.1) is 17.8 Å². The van der Waals surface area contributed by atoms with Crippen LogP contribution < -0.4 is 0 Å². The molecule has 0 radical (unpaired) electrons. The molecule has 5 nitrogen and oxygen atoms in total. The number of allylic oxidation sites excluding steroid dienone is 5. The molecule has 0 amide bonds. The maximum Gasteiger partial charge on any atom is 0.303 e. The molecule has 2 heterocycles. The van der Waals surface area contributed by atoms with Crippen molar-refractivity contribution >= 4 is 34.9 Å². The van der Waals surface area contributed by atoms with Crippen molar-refractivity contribution in [2.24, 2.45) is 13.0 Å². The third kappa shape index (κ3) is 6.34. The van der Waals surface area contributed by atoms with Crippen molar-refractivity contribution in [1.82, 2.24) is 14.5 Å². The van der Waals surface area contributed by atoms with Crippen LogP contribution >= 0.6 is 23.4 Å². The first kappa shape index (κ1) is 24.0. The highest BCUT2D eigenvalue weighted by Crippen LogP contribution is 2.34. The molecule has 1 unspecified atom stereocenters. The van der Waals surface area contributed by atoms with E-state index in [1.807, 2.05) is 56.7 Å². The lowest BCUT2D eigenvalue weighted by Crippen LogP contribution is -2.09. The van der Waals surface area contributed by atoms with E-state index in [1.165, 1.54) is 11.8 Å². The molecule has 0 aliphatic rings. The van der Waals surface area contributed by atoms with Gasteiger partial charge in [0.2, 0.25) is 0 Å². The van der Waals surface area contributed by atoms with E-state index >= 15 is 0 Å². The number of hydrogen-bond donors (Lipinski definition) is 1. The van der Waals surface area contributed by atoms with Crippen LogP contribution in [-0.4, -0.2) is 25.6 Å². The largest absolute Gasteiger partial charge is 0.481 e. The maximum absolute atomic E-state index is 11.1. The number of aryl methyl sites for hydroxylation is 2. The minimum absolute atomic E-state index is 0.0466. The van der Waals surface area contributed by atoms with E-state index in [0.717, 1.165) is 45.3 Å². The lowest BCUT2D eigenvalue weighted by atomic mass is 9.91. The zero-order valence-corrected chi connectivity index (χ0v) is 19.4. The van der Waals surface area contributed by atoms with Gasteiger partial charge in [-0.1, -0.05) is 55.8 Å². The molecule has 0 aliphatic heterocycles. The number of rotatable bonds is 10. The SMILES string of the molecule is C=C(C=CC=C(CC)C(CC)CC(=O)O)c1ncn(C)c1Sc1ncc(Cl)cc1C. The molecular formula is C23H28ClN3O2S. The lowest BCUT2D eigenvalue weighted by molar-refractivity contribution is -0.137. The Morgan fingerprint density at radius 1 is 1.40 bits per heavy atom. The number of aromatic nitrogens is 3. The number of carbonyl (C=O) groups is 1. The van der Waals surface area contributed by atoms with Crippen LogP contribution in [0.25, 0.3) is 5.57 Å². The molecule has 0 fully saturated rings. The van der Waals surface area contributed by atoms with Gasteiger partial charge in [0, 0.05) is 13.2 Å². The van der Waals surface area contributed by atoms with Gasteiger partial charge in [-0.25, -0.2) is 9.97 Å². The Morgan fingerprint density at radius 2 is 2.13 bits per heavy atom. The Kier molecular flexibility index (Phi) is 8.93. The summed E-state index contributed by atoms with van der Waals surface area (Å²) in [4.78, 5) is 20.0. The fourth-order valence-corrected chi connectivity index (χ4v) is 4.34. The standard InChI is InChI=1S/C23H28ClN3O2S/c1-6-17(18(7-2)12-20(28)29)10-8-9-15(3)21-23(27(5)14-26-21)30-22-16(4)11-19(24)13-25-22/h8-11,13-14,18H,3,6-7,12H2,1-2,4-5H3,(H,28,29). The van der Waals surface area contributed by atoms with Crippen LogP contribution in [0.5, 0.6) is 0 Å². The van der Waals surface area contributed by atoms with Gasteiger partial charge in [-0.3, -0.25) is 4.79 Å². The number of carboxylic acid groups (broad SMARTS) is 1. The average Bonchev–Trinajstić information content (AvgIpc) is 3.06. The second-order valence-electron chi connectivity index (χ2n) is 7.07. The Bertz CT molecular complexity index is 979. The normalized spacial score (nSPS) is 13.0. The van der Waals surface area contributed by atoms with E-state index in [0.29, 0.717) is 5.02 Å². The van der Waals surface area contributed by atoms with Gasteiger partial charge in [-0.15, -0.1) is 0 Å². The van der Waals surface area contributed by atoms with Crippen molar-refractivity contribution in [3.05, 3.63) is 65.3 Å². The van der Waals surface area contributed by atoms with Crippen molar-refractivity contribution in [1.29, 1.82) is 0 Å². The Balaban J connectivity index is 2.22. The zero-order valence-electron chi connectivity index (χ0n) is 17.9. The van der Waals surface area contributed by atoms with Crippen molar-refractivity contribution < 1.29 is 9.90 Å². The zero-order chi connectivity index (χ0) is 22.3. The van der Waals surface area contributed by atoms with Crippen LogP contribution in [0, 0.1) is 12.8 Å². The molecule has 7 heteroatoms. The lowest BCUT2D eigenvalue weighted by Gasteiger charge is -2.15. The minimum Gasteiger partial charge on any atom is -0.481 e. The minimum atomic E-state index is -0.768. The predicted molar refractivity (Wildman–Crippen MR) is 124 cm³/mol. The summed E-state index contributed by atoms with van der Waals surface area (Å²) in [5, 5.41) is 11.6. The average molecular weight is 446 g/mol. The fourth-order valence-electron chi connectivity index (χ4n) is 3.14. The van der Waals surface area contributed by atoms with Gasteiger partial charge >= 0.3 is 5.97 Å². The van der Waals surface area contributed by atoms with Crippen LogP contribution in [0.4, 0.5) is 0 Å². The summed E-state index contributed by atoms with van der Waals surface area (Å²) >= 11 is 7.54. The van der Waals surface area contributed by atoms with Crippen LogP contribution in [0.2, 0.25) is 5.02 Å². The molecule has 2 rings (SSSR count). The van der Waals surface area contributed by atoms with Gasteiger partial charge in [-0.05, 0) is 54.6 Å². The highest BCUT2D eigenvalue weighted by atomic mass is 35.5. The van der Waals surface area contributed by atoms with Gasteiger partial charge < -0.3 is 9.67 Å². The van der Waals surface area contributed by atoms with Gasteiger partial charge in [0.25, 0.3) is 0 Å². The van der Waals surface area contributed by atoms with E-state index in [2.05, 4.69) is 16.5 Å². The quantitative estimate of drug-likeness (QED) is 0.432. The molecule has 1 atom stereocenters. The highest BCUT2D eigenvalue weighted by molar-refractivity contribution is 7.99. The summed E-state index contributed by atoms with van der Waals surface area (Å²) in [7, 11) is 1.94. The van der Waals surface area contributed by atoms with Crippen molar-refractivity contribution in [3.63, 3.8) is 0 Å². The van der Waals surface area contributed by atoms with Crippen LogP contribution in [0.3, 0.4) is 0 Å². The van der Waals surface area contributed by atoms with E-state index in [1.54, 1.807) is 12.5 Å². The van der Waals surface area contributed by atoms with E-state index in [9.17, 15) is 4.79 Å². The number of imidazole rings is 1. The van der Waals surface area contributed by atoms with Gasteiger partial charge in [0.1, 0.15) is 15.7 Å². The van der Waals surface area contributed by atoms with Crippen LogP contribution in [0.1, 0.15) is 44.4 Å². The second kappa shape index (κ2) is 11.2. The molecule has 0 aliphatic carbocycles. The molecule has 0 saturated heterocycles. The number of halogens is 1. The van der Waals surface area contributed by atoms with Crippen molar-refractivity contribution in [2.45, 2.75) is 50.1 Å². The summed E-state index contributed by atoms with van der Waals surface area (Å²) < 4.78 is 1.95. The Labute approximate surface area is 187 Å². The second-order valence-corrected chi connectivity index (χ2v) is 8.48. The molecule has 0 spiro atoms. The highest BCUT2D eigenvalue weighted by Gasteiger charge is 2.16. The van der Waals surface area contributed by atoms with Crippen LogP contribution in [-0.2, 0) is 11.8 Å². The maximum atomic E-state index is 11.1. The van der Waals surface area contributed by atoms with Crippen LogP contribution in [0.15, 0.2) is 59.0 Å². The molecule has 2 aromatic heterocycles. The molecule has 30 heavy (non-hydrogen) atoms. The van der Waals surface area contributed by atoms with Gasteiger partial charge in [-0.2, -0.15) is 0 Å². The number of aliphatic carboxylic acids is 1. The predicted octanol–water partition coefficient (Wildman–Crippen LogP) is 6.33. The molecule has 160 valence electrons. The number of hydrogen-bond acceptors (Lipinski definition) is 4. The molecule has 0 aromatic carbocycles. The Morgan fingerprint density at radius 3 is 2.73 bits per heavy atom. The third-order valence-corrected chi connectivity index (χ3v) is 6.33. The summed E-state index contributed by atoms with van der Waals surface area (Å²) in [5.74, 6) is -0.721. The summed E-state index contributed by atoms with van der Waals surface area (Å²) in [6.45, 7) is 10.2. The summed E-state index contributed by atoms with van der Waals surface area (Å²) in [6, 6.07) is 1.89. The molecule has 2 aromatic rings. The van der Waals surface area contributed by atoms with Gasteiger partial charge in [0.15, 0.2) is 0 Å². The van der Waals surface area contributed by atoms with E-state index in [-0.39, 0.29) is 12.3 Å². The first-order valence-corrected chi connectivity index (χ1v) is 11.1. The number of pyridine rings is 1. The third-order valence-electron chi connectivity index (χ3n) is 4.83. The summed E-state index contributed by atoms with van der Waals surface area (Å²) in [6.07, 6.45) is 11.0. The first-order chi connectivity index (χ1) is 14.3. The molecule has 0 bridgehead atoms. The van der Waals surface area contributed by atoms with E-state index < -0.39 is 5.97 Å². The fraction of sp³-hybridized carbons (Fsp3) is 0.348. The topological polar surface area (TPSA) is 68.0 Å². The summed E-state index contributed by atoms with van der Waals surface area (Å²) in [5.41, 5.74) is 3.70. The molecule has 0 saturated carbocycles. The smallest absolute Gasteiger partial charge is 0.303 e. The molecular weight excluding hydrogens is 418 g/mol. The first-order valence-electron chi connectivity index (χ1n) is 9.86. The van der Waals surface area contributed by atoms with Crippen molar-refractivity contribution in [3.8, 4) is 0 Å². The van der Waals surface area contributed by atoms with E-state index in [4.69, 9.17) is 16.7 Å². The van der Waals surface area contributed by atoms with Crippen molar-refractivity contribution in [2.75, 3.05) is 0 Å². The number of carboxylic acids is 1.